The van der Waals surface area contributed by atoms with Crippen LogP contribution in [0.3, 0.4) is 0 Å². The molecule has 98 valence electrons. The van der Waals surface area contributed by atoms with Crippen molar-refractivity contribution in [2.75, 3.05) is 20.2 Å². The largest absolute Gasteiger partial charge is 0.469 e. The van der Waals surface area contributed by atoms with Crippen LogP contribution in [0.5, 0.6) is 0 Å². The van der Waals surface area contributed by atoms with Gasteiger partial charge in [-0.1, -0.05) is 0 Å². The number of rotatable bonds is 2. The van der Waals surface area contributed by atoms with Crippen molar-refractivity contribution in [1.82, 2.24) is 9.47 Å². The number of hydrogen-bond acceptors (Lipinski definition) is 3. The molecule has 1 aromatic heterocycles. The second-order valence-corrected chi connectivity index (χ2v) is 4.68. The summed E-state index contributed by atoms with van der Waals surface area (Å²) < 4.78 is 6.58. The van der Waals surface area contributed by atoms with Gasteiger partial charge in [-0.15, -0.1) is 0 Å². The van der Waals surface area contributed by atoms with E-state index in [1.165, 1.54) is 7.11 Å². The average molecular weight is 250 g/mol. The summed E-state index contributed by atoms with van der Waals surface area (Å²) in [4.78, 5) is 25.4. The van der Waals surface area contributed by atoms with Crippen LogP contribution in [0.25, 0.3) is 0 Å². The monoisotopic (exact) mass is 250 g/mol. The van der Waals surface area contributed by atoms with Gasteiger partial charge in [0.05, 0.1) is 13.0 Å². The predicted octanol–water partition coefficient (Wildman–Crippen LogP) is 0.969. The molecule has 2 heterocycles. The van der Waals surface area contributed by atoms with Crippen molar-refractivity contribution in [3.05, 3.63) is 23.5 Å². The first kappa shape index (κ1) is 12.7. The first-order chi connectivity index (χ1) is 8.54. The molecule has 2 rings (SSSR count). The Labute approximate surface area is 106 Å². The molecular weight excluding hydrogens is 232 g/mol. The highest BCUT2D eigenvalue weighted by Gasteiger charge is 2.32. The van der Waals surface area contributed by atoms with Gasteiger partial charge in [0.1, 0.15) is 5.69 Å². The Kier molecular flexibility index (Phi) is 3.41. The predicted molar refractivity (Wildman–Crippen MR) is 66.2 cm³/mol. The van der Waals surface area contributed by atoms with Gasteiger partial charge in [-0.3, -0.25) is 9.59 Å². The zero-order chi connectivity index (χ0) is 13.3. The van der Waals surface area contributed by atoms with Crippen LogP contribution < -0.4 is 0 Å². The second kappa shape index (κ2) is 4.84. The summed E-state index contributed by atoms with van der Waals surface area (Å²) in [5.74, 6) is -0.425. The fourth-order valence-corrected chi connectivity index (χ4v) is 2.29. The van der Waals surface area contributed by atoms with Crippen LogP contribution in [-0.4, -0.2) is 41.5 Å². The van der Waals surface area contributed by atoms with Gasteiger partial charge in [-0.2, -0.15) is 0 Å². The number of hydrogen-bond donors (Lipinski definition) is 0. The molecule has 0 bridgehead atoms. The fourth-order valence-electron chi connectivity index (χ4n) is 2.29. The van der Waals surface area contributed by atoms with Crippen LogP contribution in [0.1, 0.15) is 22.6 Å². The molecule has 1 saturated heterocycles. The molecule has 0 saturated carbocycles. The minimum atomic E-state index is -0.228. The number of nitrogens with zero attached hydrogens (tertiary/aromatic N) is 2. The van der Waals surface area contributed by atoms with E-state index in [0.717, 1.165) is 5.69 Å². The minimum Gasteiger partial charge on any atom is -0.469 e. The SMILES string of the molecule is COC(=O)C1CCN(C(=O)c2ccc(C)n2C)C1. The van der Waals surface area contributed by atoms with E-state index >= 15 is 0 Å². The standard InChI is InChI=1S/C13H18N2O3/c1-9-4-5-11(14(9)2)12(16)15-7-6-10(8-15)13(17)18-3/h4-5,10H,6-8H2,1-3H3. The smallest absolute Gasteiger partial charge is 0.310 e. The highest BCUT2D eigenvalue weighted by molar-refractivity contribution is 5.93. The van der Waals surface area contributed by atoms with E-state index in [9.17, 15) is 9.59 Å². The number of carbonyl (C=O) groups is 2. The van der Waals surface area contributed by atoms with Crippen LogP contribution in [0.4, 0.5) is 0 Å². The van der Waals surface area contributed by atoms with Gasteiger partial charge in [0.2, 0.25) is 0 Å². The molecular formula is C13H18N2O3. The molecule has 1 aromatic rings. The van der Waals surface area contributed by atoms with E-state index in [0.29, 0.717) is 25.2 Å². The zero-order valence-electron chi connectivity index (χ0n) is 11.0. The van der Waals surface area contributed by atoms with Crippen molar-refractivity contribution >= 4 is 11.9 Å². The molecule has 1 aliphatic rings. The molecule has 18 heavy (non-hydrogen) atoms. The van der Waals surface area contributed by atoms with Crippen LogP contribution in [0, 0.1) is 12.8 Å². The summed E-state index contributed by atoms with van der Waals surface area (Å²) >= 11 is 0. The molecule has 1 atom stereocenters. The highest BCUT2D eigenvalue weighted by atomic mass is 16.5. The fraction of sp³-hybridized carbons (Fsp3) is 0.538. The Morgan fingerprint density at radius 3 is 2.67 bits per heavy atom. The Morgan fingerprint density at radius 1 is 1.39 bits per heavy atom. The minimum absolute atomic E-state index is 0.0167. The summed E-state index contributed by atoms with van der Waals surface area (Å²) in [5, 5.41) is 0. The molecule has 1 amide bonds. The van der Waals surface area contributed by atoms with Crippen LogP contribution in [0.15, 0.2) is 12.1 Å². The summed E-state index contributed by atoms with van der Waals surface area (Å²) in [6.45, 7) is 3.02. The van der Waals surface area contributed by atoms with E-state index < -0.39 is 0 Å². The Balaban J connectivity index is 2.08. The number of ether oxygens (including phenoxy) is 1. The normalized spacial score (nSPS) is 19.1. The number of amides is 1. The van der Waals surface area contributed by atoms with E-state index in [1.54, 1.807) is 4.90 Å². The third-order valence-electron chi connectivity index (χ3n) is 3.60. The van der Waals surface area contributed by atoms with E-state index in [-0.39, 0.29) is 17.8 Å². The summed E-state index contributed by atoms with van der Waals surface area (Å²) in [6.07, 6.45) is 0.682. The maximum Gasteiger partial charge on any atom is 0.310 e. The zero-order valence-corrected chi connectivity index (χ0v) is 11.0. The molecule has 0 spiro atoms. The maximum atomic E-state index is 12.3. The second-order valence-electron chi connectivity index (χ2n) is 4.68. The summed E-state index contributed by atoms with van der Waals surface area (Å²) in [7, 11) is 3.25. The average Bonchev–Trinajstić information content (AvgIpc) is 2.97. The summed E-state index contributed by atoms with van der Waals surface area (Å²) in [6, 6.07) is 3.74. The van der Waals surface area contributed by atoms with Crippen LogP contribution >= 0.6 is 0 Å². The van der Waals surface area contributed by atoms with Gasteiger partial charge in [-0.05, 0) is 25.5 Å². The van der Waals surface area contributed by atoms with Gasteiger partial charge in [0, 0.05) is 25.8 Å². The number of aromatic nitrogens is 1. The molecule has 0 radical (unpaired) electrons. The van der Waals surface area contributed by atoms with Crippen molar-refractivity contribution in [2.24, 2.45) is 13.0 Å². The number of likely N-dealkylation sites (tertiary alicyclic amines) is 1. The number of methoxy groups -OCH3 is 1. The maximum absolute atomic E-state index is 12.3. The van der Waals surface area contributed by atoms with Crippen molar-refractivity contribution in [3.63, 3.8) is 0 Å². The van der Waals surface area contributed by atoms with E-state index in [4.69, 9.17) is 4.74 Å². The van der Waals surface area contributed by atoms with Crippen LogP contribution in [0.2, 0.25) is 0 Å². The summed E-state index contributed by atoms with van der Waals surface area (Å²) in [5.41, 5.74) is 1.71. The topological polar surface area (TPSA) is 51.5 Å². The quantitative estimate of drug-likeness (QED) is 0.735. The Morgan fingerprint density at radius 2 is 2.11 bits per heavy atom. The molecule has 1 unspecified atom stereocenters. The lowest BCUT2D eigenvalue weighted by Gasteiger charge is -2.16. The van der Waals surface area contributed by atoms with Crippen molar-refractivity contribution in [1.29, 1.82) is 0 Å². The molecule has 1 aliphatic heterocycles. The van der Waals surface area contributed by atoms with Crippen molar-refractivity contribution < 1.29 is 14.3 Å². The molecule has 0 aromatic carbocycles. The van der Waals surface area contributed by atoms with Gasteiger partial charge >= 0.3 is 5.97 Å². The Hall–Kier alpha value is -1.78. The molecule has 0 N–H and O–H groups in total. The van der Waals surface area contributed by atoms with Crippen molar-refractivity contribution in [3.8, 4) is 0 Å². The Bertz CT molecular complexity index is 479. The third kappa shape index (κ3) is 2.12. The van der Waals surface area contributed by atoms with Gasteiger partial charge in [0.25, 0.3) is 5.91 Å². The van der Waals surface area contributed by atoms with Gasteiger partial charge in [-0.25, -0.2) is 0 Å². The van der Waals surface area contributed by atoms with E-state index in [1.807, 2.05) is 30.7 Å². The first-order valence-electron chi connectivity index (χ1n) is 6.04. The lowest BCUT2D eigenvalue weighted by Crippen LogP contribution is -2.31. The molecule has 5 heteroatoms. The lowest BCUT2D eigenvalue weighted by atomic mass is 10.1. The number of carbonyl (C=O) groups excluding carboxylic acids is 2. The highest BCUT2D eigenvalue weighted by Crippen LogP contribution is 2.20. The molecule has 1 fully saturated rings. The van der Waals surface area contributed by atoms with Gasteiger partial charge < -0.3 is 14.2 Å². The van der Waals surface area contributed by atoms with Gasteiger partial charge in [0.15, 0.2) is 0 Å². The molecule has 5 nitrogen and oxygen atoms in total. The first-order valence-corrected chi connectivity index (χ1v) is 6.04. The van der Waals surface area contributed by atoms with Crippen molar-refractivity contribution in [2.45, 2.75) is 13.3 Å². The van der Waals surface area contributed by atoms with Crippen LogP contribution in [-0.2, 0) is 16.6 Å². The van der Waals surface area contributed by atoms with E-state index in [2.05, 4.69) is 0 Å². The molecule has 0 aliphatic carbocycles. The lowest BCUT2D eigenvalue weighted by molar-refractivity contribution is -0.144. The number of esters is 1. The number of aryl methyl sites for hydroxylation is 1. The third-order valence-corrected chi connectivity index (χ3v) is 3.60.